The SMILES string of the molecule is CC(C)CC(CN)NS(=O)(=O)CC1CCCCC1. The van der Waals surface area contributed by atoms with Gasteiger partial charge in [0, 0.05) is 12.6 Å². The monoisotopic (exact) mass is 276 g/mol. The van der Waals surface area contributed by atoms with Crippen molar-refractivity contribution in [1.29, 1.82) is 0 Å². The summed E-state index contributed by atoms with van der Waals surface area (Å²) in [5, 5.41) is 0. The van der Waals surface area contributed by atoms with Crippen LogP contribution in [0.2, 0.25) is 0 Å². The van der Waals surface area contributed by atoms with E-state index in [0.717, 1.165) is 19.3 Å². The summed E-state index contributed by atoms with van der Waals surface area (Å²) in [6, 6.07) is -0.112. The van der Waals surface area contributed by atoms with E-state index in [1.165, 1.54) is 19.3 Å². The Kier molecular flexibility index (Phi) is 6.60. The standard InChI is InChI=1S/C13H28N2O2S/c1-11(2)8-13(9-14)15-18(16,17)10-12-6-4-3-5-7-12/h11-13,15H,3-10,14H2,1-2H3. The van der Waals surface area contributed by atoms with Crippen molar-refractivity contribution >= 4 is 10.0 Å². The highest BCUT2D eigenvalue weighted by molar-refractivity contribution is 7.89. The molecule has 1 aliphatic rings. The lowest BCUT2D eigenvalue weighted by Crippen LogP contribution is -2.43. The Labute approximate surface area is 112 Å². The third-order valence-electron chi connectivity index (χ3n) is 3.57. The maximum absolute atomic E-state index is 12.1. The van der Waals surface area contributed by atoms with Crippen molar-refractivity contribution in [1.82, 2.24) is 4.72 Å². The molecule has 1 unspecified atom stereocenters. The van der Waals surface area contributed by atoms with Gasteiger partial charge in [0.25, 0.3) is 0 Å². The van der Waals surface area contributed by atoms with Crippen LogP contribution in [-0.4, -0.2) is 26.8 Å². The smallest absolute Gasteiger partial charge is 0.212 e. The second kappa shape index (κ2) is 7.46. The van der Waals surface area contributed by atoms with E-state index in [4.69, 9.17) is 5.73 Å². The molecule has 1 saturated carbocycles. The van der Waals surface area contributed by atoms with E-state index in [1.807, 2.05) is 0 Å². The zero-order valence-electron chi connectivity index (χ0n) is 11.7. The Hall–Kier alpha value is -0.130. The van der Waals surface area contributed by atoms with Gasteiger partial charge in [0.05, 0.1) is 5.75 Å². The number of nitrogens with two attached hydrogens (primary N) is 1. The second-order valence-electron chi connectivity index (χ2n) is 5.97. The molecular formula is C13H28N2O2S. The third kappa shape index (κ3) is 6.16. The average Bonchev–Trinajstić information content (AvgIpc) is 2.27. The molecule has 0 heterocycles. The fraction of sp³-hybridized carbons (Fsp3) is 1.00. The molecule has 1 rings (SSSR count). The third-order valence-corrected chi connectivity index (χ3v) is 5.17. The topological polar surface area (TPSA) is 72.2 Å². The van der Waals surface area contributed by atoms with Gasteiger partial charge in [-0.1, -0.05) is 33.1 Å². The molecule has 0 bridgehead atoms. The molecule has 5 heteroatoms. The minimum absolute atomic E-state index is 0.112. The van der Waals surface area contributed by atoms with Gasteiger partial charge in [-0.2, -0.15) is 0 Å². The molecule has 0 amide bonds. The predicted molar refractivity (Wildman–Crippen MR) is 75.8 cm³/mol. The summed E-state index contributed by atoms with van der Waals surface area (Å²) in [5.74, 6) is 1.08. The van der Waals surface area contributed by atoms with Gasteiger partial charge in [-0.05, 0) is 31.1 Å². The Morgan fingerprint density at radius 1 is 1.22 bits per heavy atom. The fourth-order valence-electron chi connectivity index (χ4n) is 2.73. The van der Waals surface area contributed by atoms with Gasteiger partial charge in [0.15, 0.2) is 0 Å². The molecule has 1 fully saturated rings. The van der Waals surface area contributed by atoms with Crippen molar-refractivity contribution in [3.8, 4) is 0 Å². The van der Waals surface area contributed by atoms with Gasteiger partial charge in [0.2, 0.25) is 10.0 Å². The number of sulfonamides is 1. The zero-order chi connectivity index (χ0) is 13.6. The Morgan fingerprint density at radius 2 is 1.83 bits per heavy atom. The van der Waals surface area contributed by atoms with E-state index in [2.05, 4.69) is 18.6 Å². The maximum atomic E-state index is 12.1. The fourth-order valence-corrected chi connectivity index (χ4v) is 4.48. The van der Waals surface area contributed by atoms with Gasteiger partial charge in [-0.15, -0.1) is 0 Å². The first kappa shape index (κ1) is 15.9. The van der Waals surface area contributed by atoms with Gasteiger partial charge < -0.3 is 5.73 Å². The molecule has 108 valence electrons. The first-order valence-electron chi connectivity index (χ1n) is 7.13. The van der Waals surface area contributed by atoms with Crippen LogP contribution < -0.4 is 10.5 Å². The summed E-state index contributed by atoms with van der Waals surface area (Å²) in [5.41, 5.74) is 5.63. The Morgan fingerprint density at radius 3 is 2.33 bits per heavy atom. The molecule has 0 aromatic carbocycles. The van der Waals surface area contributed by atoms with Crippen LogP contribution in [-0.2, 0) is 10.0 Å². The molecule has 3 N–H and O–H groups in total. The summed E-state index contributed by atoms with van der Waals surface area (Å²) in [6.07, 6.45) is 6.51. The summed E-state index contributed by atoms with van der Waals surface area (Å²) in [7, 11) is -3.17. The van der Waals surface area contributed by atoms with Gasteiger partial charge in [-0.25, -0.2) is 13.1 Å². The molecule has 18 heavy (non-hydrogen) atoms. The summed E-state index contributed by atoms with van der Waals surface area (Å²) in [4.78, 5) is 0. The van der Waals surface area contributed by atoms with Crippen LogP contribution in [0.25, 0.3) is 0 Å². The maximum Gasteiger partial charge on any atom is 0.212 e. The van der Waals surface area contributed by atoms with Crippen molar-refractivity contribution in [3.63, 3.8) is 0 Å². The molecule has 0 radical (unpaired) electrons. The van der Waals surface area contributed by atoms with Crippen LogP contribution in [0.15, 0.2) is 0 Å². The minimum Gasteiger partial charge on any atom is -0.329 e. The van der Waals surface area contributed by atoms with Crippen molar-refractivity contribution in [2.45, 2.75) is 58.4 Å². The highest BCUT2D eigenvalue weighted by Crippen LogP contribution is 2.24. The molecule has 0 spiro atoms. The van der Waals surface area contributed by atoms with Crippen LogP contribution in [0, 0.1) is 11.8 Å². The normalized spacial score (nSPS) is 20.2. The largest absolute Gasteiger partial charge is 0.329 e. The molecule has 4 nitrogen and oxygen atoms in total. The summed E-state index contributed by atoms with van der Waals surface area (Å²) >= 11 is 0. The van der Waals surface area contributed by atoms with E-state index in [9.17, 15) is 8.42 Å². The van der Waals surface area contributed by atoms with E-state index >= 15 is 0 Å². The highest BCUT2D eigenvalue weighted by Gasteiger charge is 2.23. The molecule has 0 aliphatic heterocycles. The quantitative estimate of drug-likeness (QED) is 0.745. The Balaban J connectivity index is 2.46. The van der Waals surface area contributed by atoms with E-state index in [1.54, 1.807) is 0 Å². The number of nitrogens with one attached hydrogen (secondary N) is 1. The van der Waals surface area contributed by atoms with Crippen LogP contribution >= 0.6 is 0 Å². The minimum atomic E-state index is -3.17. The summed E-state index contributed by atoms with van der Waals surface area (Å²) in [6.45, 7) is 4.54. The Bertz CT molecular complexity index is 322. The van der Waals surface area contributed by atoms with Crippen LogP contribution in [0.5, 0.6) is 0 Å². The van der Waals surface area contributed by atoms with E-state index in [0.29, 0.717) is 18.4 Å². The van der Waals surface area contributed by atoms with Gasteiger partial charge >= 0.3 is 0 Å². The van der Waals surface area contributed by atoms with E-state index < -0.39 is 10.0 Å². The molecule has 1 aliphatic carbocycles. The first-order valence-corrected chi connectivity index (χ1v) is 8.78. The highest BCUT2D eigenvalue weighted by atomic mass is 32.2. The molecule has 0 saturated heterocycles. The van der Waals surface area contributed by atoms with E-state index in [-0.39, 0.29) is 11.8 Å². The second-order valence-corrected chi connectivity index (χ2v) is 7.76. The van der Waals surface area contributed by atoms with Gasteiger partial charge in [0.1, 0.15) is 0 Å². The first-order chi connectivity index (χ1) is 8.43. The van der Waals surface area contributed by atoms with Crippen molar-refractivity contribution in [2.75, 3.05) is 12.3 Å². The zero-order valence-corrected chi connectivity index (χ0v) is 12.5. The lowest BCUT2D eigenvalue weighted by atomic mass is 9.91. The molecule has 1 atom stereocenters. The number of hydrogen-bond donors (Lipinski definition) is 2. The molecule has 0 aromatic rings. The molecular weight excluding hydrogens is 248 g/mol. The molecule has 0 aromatic heterocycles. The van der Waals surface area contributed by atoms with Crippen LogP contribution in [0.1, 0.15) is 52.4 Å². The lowest BCUT2D eigenvalue weighted by Gasteiger charge is -2.24. The van der Waals surface area contributed by atoms with Crippen LogP contribution in [0.4, 0.5) is 0 Å². The van der Waals surface area contributed by atoms with Crippen molar-refractivity contribution < 1.29 is 8.42 Å². The van der Waals surface area contributed by atoms with Gasteiger partial charge in [-0.3, -0.25) is 0 Å². The average molecular weight is 276 g/mol. The van der Waals surface area contributed by atoms with Crippen molar-refractivity contribution in [2.24, 2.45) is 17.6 Å². The lowest BCUT2D eigenvalue weighted by molar-refractivity contribution is 0.381. The number of hydrogen-bond acceptors (Lipinski definition) is 3. The van der Waals surface area contributed by atoms with Crippen LogP contribution in [0.3, 0.4) is 0 Å². The predicted octanol–water partition coefficient (Wildman–Crippen LogP) is 1.86. The van der Waals surface area contributed by atoms with Crippen molar-refractivity contribution in [3.05, 3.63) is 0 Å². The summed E-state index contributed by atoms with van der Waals surface area (Å²) < 4.78 is 26.9. The number of rotatable bonds is 7.